The van der Waals surface area contributed by atoms with Crippen molar-refractivity contribution < 1.29 is 14.4 Å². The van der Waals surface area contributed by atoms with Gasteiger partial charge in [-0.3, -0.25) is 14.5 Å². The molecular weight excluding hydrogens is 476 g/mol. The number of hydrogen-bond donors (Lipinski definition) is 2. The van der Waals surface area contributed by atoms with Crippen LogP contribution in [0.5, 0.6) is 0 Å². The third kappa shape index (κ3) is 3.77. The van der Waals surface area contributed by atoms with Crippen molar-refractivity contribution in [3.63, 3.8) is 0 Å². The molecule has 1 saturated heterocycles. The minimum atomic E-state index is -0.674. The number of para-hydroxylation sites is 2. The molecule has 2 aliphatic rings. The van der Waals surface area contributed by atoms with Crippen LogP contribution in [0.25, 0.3) is 10.9 Å². The van der Waals surface area contributed by atoms with Gasteiger partial charge in [0.05, 0.1) is 11.3 Å². The summed E-state index contributed by atoms with van der Waals surface area (Å²) in [5.74, 6) is -0.340. The lowest BCUT2D eigenvalue weighted by atomic mass is 9.88. The number of aromatic nitrogens is 1. The second-order valence-electron chi connectivity index (χ2n) is 10.6. The van der Waals surface area contributed by atoms with Gasteiger partial charge < -0.3 is 10.3 Å². The first-order chi connectivity index (χ1) is 18.3. The Bertz CT molecular complexity index is 1570. The third-order valence-electron chi connectivity index (χ3n) is 7.50. The number of benzene rings is 3. The monoisotopic (exact) mass is 506 g/mol. The Kier molecular flexibility index (Phi) is 5.79. The van der Waals surface area contributed by atoms with Gasteiger partial charge in [-0.25, -0.2) is 9.69 Å². The average molecular weight is 507 g/mol. The van der Waals surface area contributed by atoms with Crippen LogP contribution in [0.15, 0.2) is 72.8 Å². The van der Waals surface area contributed by atoms with Gasteiger partial charge in [0.1, 0.15) is 12.1 Å². The molecule has 0 radical (unpaired) electrons. The largest absolute Gasteiger partial charge is 0.356 e. The second kappa shape index (κ2) is 9.17. The van der Waals surface area contributed by atoms with Crippen LogP contribution in [0.3, 0.4) is 0 Å². The molecule has 1 fully saturated rings. The van der Waals surface area contributed by atoms with E-state index in [4.69, 9.17) is 0 Å². The Morgan fingerprint density at radius 2 is 1.71 bits per heavy atom. The molecule has 7 heteroatoms. The summed E-state index contributed by atoms with van der Waals surface area (Å²) < 4.78 is 0. The van der Waals surface area contributed by atoms with E-state index in [1.807, 2.05) is 63.2 Å². The van der Waals surface area contributed by atoms with Crippen LogP contribution < -0.4 is 10.2 Å². The van der Waals surface area contributed by atoms with Crippen LogP contribution in [0.1, 0.15) is 52.6 Å². The number of nitrogens with zero attached hydrogens (tertiary/aromatic N) is 2. The smallest absolute Gasteiger partial charge is 0.332 e. The number of nitrogens with one attached hydrogen (secondary N) is 2. The molecule has 4 aromatic rings. The molecular formula is C31H30N4O3. The van der Waals surface area contributed by atoms with Gasteiger partial charge in [0, 0.05) is 29.6 Å². The van der Waals surface area contributed by atoms with Crippen molar-refractivity contribution in [3.8, 4) is 0 Å². The average Bonchev–Trinajstić information content (AvgIpc) is 3.41. The van der Waals surface area contributed by atoms with E-state index in [0.29, 0.717) is 24.2 Å². The molecule has 3 heterocycles. The molecule has 0 spiro atoms. The fraction of sp³-hybridized carbons (Fsp3) is 0.258. The SMILES string of the molecule is Cc1ccc([C@@H]2c3[nH]c4ccccc4c3C[C@H]3C(=O)N(c4ccccc4C(=O)NCC(C)C)C(=O)N23)cc1. The fourth-order valence-corrected chi connectivity index (χ4v) is 5.64. The Balaban J connectivity index is 1.47. The summed E-state index contributed by atoms with van der Waals surface area (Å²) in [6.45, 7) is 6.55. The van der Waals surface area contributed by atoms with Crippen LogP contribution in [0, 0.1) is 12.8 Å². The van der Waals surface area contributed by atoms with Crippen LogP contribution in [-0.2, 0) is 11.2 Å². The maximum absolute atomic E-state index is 14.2. The molecule has 7 nitrogen and oxygen atoms in total. The Hall–Kier alpha value is -4.39. The minimum absolute atomic E-state index is 0.272. The van der Waals surface area contributed by atoms with E-state index in [0.717, 1.165) is 33.3 Å². The van der Waals surface area contributed by atoms with Crippen LogP contribution in [-0.4, -0.2) is 40.3 Å². The zero-order valence-corrected chi connectivity index (χ0v) is 21.7. The number of fused-ring (bicyclic) bond motifs is 4. The van der Waals surface area contributed by atoms with Gasteiger partial charge in [-0.05, 0) is 42.2 Å². The molecule has 6 rings (SSSR count). The predicted molar refractivity (Wildman–Crippen MR) is 147 cm³/mol. The molecule has 0 unspecified atom stereocenters. The van der Waals surface area contributed by atoms with Gasteiger partial charge >= 0.3 is 6.03 Å². The van der Waals surface area contributed by atoms with Gasteiger partial charge in [0.25, 0.3) is 11.8 Å². The van der Waals surface area contributed by atoms with Crippen molar-refractivity contribution >= 4 is 34.4 Å². The third-order valence-corrected chi connectivity index (χ3v) is 7.50. The maximum Gasteiger partial charge on any atom is 0.332 e. The van der Waals surface area contributed by atoms with Crippen LogP contribution >= 0.6 is 0 Å². The number of rotatable bonds is 5. The number of aryl methyl sites for hydroxylation is 1. The van der Waals surface area contributed by atoms with Crippen molar-refractivity contribution in [1.82, 2.24) is 15.2 Å². The van der Waals surface area contributed by atoms with Gasteiger partial charge in [0.2, 0.25) is 0 Å². The van der Waals surface area contributed by atoms with Crippen molar-refractivity contribution in [1.29, 1.82) is 0 Å². The molecule has 38 heavy (non-hydrogen) atoms. The minimum Gasteiger partial charge on any atom is -0.356 e. The highest BCUT2D eigenvalue weighted by Crippen LogP contribution is 2.45. The highest BCUT2D eigenvalue weighted by Gasteiger charge is 2.53. The van der Waals surface area contributed by atoms with E-state index in [-0.39, 0.29) is 17.7 Å². The number of H-pyrrole nitrogens is 1. The number of carbonyl (C=O) groups is 3. The number of aromatic amines is 1. The number of hydrogen-bond acceptors (Lipinski definition) is 3. The number of imide groups is 1. The summed E-state index contributed by atoms with van der Waals surface area (Å²) in [5, 5.41) is 3.98. The predicted octanol–water partition coefficient (Wildman–Crippen LogP) is 5.35. The molecule has 1 aromatic heterocycles. The second-order valence-corrected chi connectivity index (χ2v) is 10.6. The number of anilines is 1. The first-order valence-corrected chi connectivity index (χ1v) is 13.0. The normalized spacial score (nSPS) is 18.7. The van der Waals surface area contributed by atoms with Crippen LogP contribution in [0.2, 0.25) is 0 Å². The lowest BCUT2D eigenvalue weighted by molar-refractivity contribution is -0.120. The standard InChI is InChI=1S/C31H30N4O3/c1-18(2)17-32-29(36)22-9-5-7-11-25(22)35-30(37)26-16-23-21-8-4-6-10-24(21)33-27(23)28(34(26)31(35)38)20-14-12-19(3)13-15-20/h4-15,18,26,28,33H,16-17H2,1-3H3,(H,32,36)/t26-,28+/m0/s1. The topological polar surface area (TPSA) is 85.5 Å². The molecule has 0 saturated carbocycles. The van der Waals surface area contributed by atoms with Gasteiger partial charge in [-0.1, -0.05) is 74.0 Å². The summed E-state index contributed by atoms with van der Waals surface area (Å²) in [4.78, 5) is 47.7. The summed E-state index contributed by atoms with van der Waals surface area (Å²) in [6, 6.07) is 21.4. The van der Waals surface area contributed by atoms with E-state index in [1.165, 1.54) is 4.90 Å². The quantitative estimate of drug-likeness (QED) is 0.358. The highest BCUT2D eigenvalue weighted by atomic mass is 16.2. The van der Waals surface area contributed by atoms with E-state index >= 15 is 0 Å². The maximum atomic E-state index is 14.2. The summed E-state index contributed by atoms with van der Waals surface area (Å²) >= 11 is 0. The summed E-state index contributed by atoms with van der Waals surface area (Å²) in [6.07, 6.45) is 0.407. The molecule has 4 amide bonds. The van der Waals surface area contributed by atoms with Crippen molar-refractivity contribution in [2.45, 2.75) is 39.3 Å². The molecule has 0 bridgehead atoms. The molecule has 192 valence electrons. The van der Waals surface area contributed by atoms with E-state index in [2.05, 4.69) is 16.4 Å². The Labute approximate surface area is 221 Å². The fourth-order valence-electron chi connectivity index (χ4n) is 5.64. The summed E-state index contributed by atoms with van der Waals surface area (Å²) in [5.41, 5.74) is 5.64. The van der Waals surface area contributed by atoms with E-state index in [1.54, 1.807) is 29.2 Å². The first kappa shape index (κ1) is 24.0. The lowest BCUT2D eigenvalue weighted by Gasteiger charge is -2.36. The van der Waals surface area contributed by atoms with Crippen molar-refractivity contribution in [2.75, 3.05) is 11.4 Å². The number of amides is 4. The molecule has 3 aromatic carbocycles. The van der Waals surface area contributed by atoms with E-state index < -0.39 is 18.1 Å². The Morgan fingerprint density at radius 1 is 1.00 bits per heavy atom. The van der Waals surface area contributed by atoms with E-state index in [9.17, 15) is 14.4 Å². The molecule has 0 aliphatic carbocycles. The van der Waals surface area contributed by atoms with Crippen LogP contribution in [0.4, 0.5) is 10.5 Å². The summed E-state index contributed by atoms with van der Waals surface area (Å²) in [7, 11) is 0. The van der Waals surface area contributed by atoms with Crippen molar-refractivity contribution in [2.24, 2.45) is 5.92 Å². The molecule has 2 aliphatic heterocycles. The lowest BCUT2D eigenvalue weighted by Crippen LogP contribution is -2.44. The zero-order chi connectivity index (χ0) is 26.6. The van der Waals surface area contributed by atoms with Gasteiger partial charge in [-0.15, -0.1) is 0 Å². The van der Waals surface area contributed by atoms with Crippen molar-refractivity contribution in [3.05, 3.63) is 101 Å². The number of carbonyl (C=O) groups excluding carboxylic acids is 3. The molecule has 2 N–H and O–H groups in total. The first-order valence-electron chi connectivity index (χ1n) is 13.0. The zero-order valence-electron chi connectivity index (χ0n) is 21.7. The van der Waals surface area contributed by atoms with Gasteiger partial charge in [0.15, 0.2) is 0 Å². The Morgan fingerprint density at radius 3 is 2.47 bits per heavy atom. The highest BCUT2D eigenvalue weighted by molar-refractivity contribution is 6.24. The molecule has 2 atom stereocenters. The van der Waals surface area contributed by atoms with Gasteiger partial charge in [-0.2, -0.15) is 0 Å². The number of urea groups is 1.